The van der Waals surface area contributed by atoms with Crippen molar-refractivity contribution < 1.29 is 14.5 Å². The average molecular weight is 388 g/mol. The molecule has 2 atom stereocenters. The van der Waals surface area contributed by atoms with E-state index in [1.165, 1.54) is 12.1 Å². The summed E-state index contributed by atoms with van der Waals surface area (Å²) in [5.41, 5.74) is 1.70. The zero-order valence-electron chi connectivity index (χ0n) is 14.4. The lowest BCUT2D eigenvalue weighted by molar-refractivity contribution is -0.384. The van der Waals surface area contributed by atoms with Crippen molar-refractivity contribution >= 4 is 28.9 Å². The number of rotatable bonds is 4. The number of hydrogen-bond acceptors (Lipinski definition) is 5. The van der Waals surface area contributed by atoms with Crippen LogP contribution in [0, 0.1) is 10.1 Å². The lowest BCUT2D eigenvalue weighted by Gasteiger charge is -2.39. The van der Waals surface area contributed by atoms with E-state index in [0.717, 1.165) is 12.8 Å². The molecule has 2 aliphatic heterocycles. The Balaban J connectivity index is 1.74. The fraction of sp³-hybridized carbons (Fsp3) is 0.316. The summed E-state index contributed by atoms with van der Waals surface area (Å²) in [4.78, 5) is 25.6. The third-order valence-corrected chi connectivity index (χ3v) is 5.25. The normalized spacial score (nSPS) is 21.7. The maximum absolute atomic E-state index is 13.1. The third kappa shape index (κ3) is 3.36. The maximum atomic E-state index is 13.1. The molecule has 2 aromatic rings. The SMILES string of the molecule is O=C1c2ccccc2N[C@@H](c2ccc(Cl)c([N+](=O)[O-])c2)N1C[C@H]1CCCO1. The van der Waals surface area contributed by atoms with Crippen molar-refractivity contribution in [2.75, 3.05) is 18.5 Å². The van der Waals surface area contributed by atoms with E-state index in [0.29, 0.717) is 30.0 Å². The van der Waals surface area contributed by atoms with Gasteiger partial charge in [0.05, 0.1) is 16.6 Å². The zero-order chi connectivity index (χ0) is 19.0. The summed E-state index contributed by atoms with van der Waals surface area (Å²) in [6, 6.07) is 11.9. The minimum absolute atomic E-state index is 0.0363. The summed E-state index contributed by atoms with van der Waals surface area (Å²) in [5, 5.41) is 14.7. The van der Waals surface area contributed by atoms with Crippen molar-refractivity contribution in [3.05, 3.63) is 68.7 Å². The van der Waals surface area contributed by atoms with Crippen LogP contribution in [0.1, 0.15) is 34.9 Å². The van der Waals surface area contributed by atoms with Gasteiger partial charge in [0, 0.05) is 30.5 Å². The molecule has 8 heteroatoms. The van der Waals surface area contributed by atoms with Gasteiger partial charge in [-0.05, 0) is 31.0 Å². The molecule has 0 bridgehead atoms. The second-order valence-corrected chi connectivity index (χ2v) is 7.06. The van der Waals surface area contributed by atoms with Crippen molar-refractivity contribution in [3.8, 4) is 0 Å². The number of nitro groups is 1. The van der Waals surface area contributed by atoms with Gasteiger partial charge in [0.1, 0.15) is 11.2 Å². The zero-order valence-corrected chi connectivity index (χ0v) is 15.2. The Bertz CT molecular complexity index is 898. The highest BCUT2D eigenvalue weighted by molar-refractivity contribution is 6.32. The predicted molar refractivity (Wildman–Crippen MR) is 101 cm³/mol. The number of halogens is 1. The quantitative estimate of drug-likeness (QED) is 0.633. The van der Waals surface area contributed by atoms with Crippen LogP contribution in [0.2, 0.25) is 5.02 Å². The highest BCUT2D eigenvalue weighted by atomic mass is 35.5. The molecular weight excluding hydrogens is 370 g/mol. The minimum atomic E-state index is -0.535. The van der Waals surface area contributed by atoms with Crippen LogP contribution in [0.5, 0.6) is 0 Å². The van der Waals surface area contributed by atoms with Gasteiger partial charge in [0.25, 0.3) is 11.6 Å². The van der Waals surface area contributed by atoms with Crippen molar-refractivity contribution in [1.82, 2.24) is 4.90 Å². The topological polar surface area (TPSA) is 84.7 Å². The first-order chi connectivity index (χ1) is 13.0. The molecule has 1 amide bonds. The third-order valence-electron chi connectivity index (χ3n) is 4.93. The van der Waals surface area contributed by atoms with E-state index in [9.17, 15) is 14.9 Å². The molecule has 2 aromatic carbocycles. The molecule has 140 valence electrons. The number of benzene rings is 2. The van der Waals surface area contributed by atoms with E-state index < -0.39 is 11.1 Å². The van der Waals surface area contributed by atoms with E-state index in [1.54, 1.807) is 17.0 Å². The van der Waals surface area contributed by atoms with Crippen LogP contribution >= 0.6 is 11.6 Å². The molecule has 2 heterocycles. The Labute approximate surface area is 161 Å². The summed E-state index contributed by atoms with van der Waals surface area (Å²) in [7, 11) is 0. The van der Waals surface area contributed by atoms with Gasteiger partial charge in [-0.15, -0.1) is 0 Å². The van der Waals surface area contributed by atoms with Crippen LogP contribution in [0.15, 0.2) is 42.5 Å². The molecular formula is C19H18ClN3O4. The minimum Gasteiger partial charge on any atom is -0.376 e. The lowest BCUT2D eigenvalue weighted by atomic mass is 10.0. The Hall–Kier alpha value is -2.64. The molecule has 0 saturated carbocycles. The smallest absolute Gasteiger partial charge is 0.288 e. The molecule has 27 heavy (non-hydrogen) atoms. The second-order valence-electron chi connectivity index (χ2n) is 6.65. The number of carbonyl (C=O) groups is 1. The number of carbonyl (C=O) groups excluding carboxylic acids is 1. The van der Waals surface area contributed by atoms with E-state index in [-0.39, 0.29) is 22.7 Å². The van der Waals surface area contributed by atoms with Crippen LogP contribution in [0.3, 0.4) is 0 Å². The van der Waals surface area contributed by atoms with Crippen LogP contribution in [-0.4, -0.2) is 35.0 Å². The van der Waals surface area contributed by atoms with Crippen LogP contribution < -0.4 is 5.32 Å². The van der Waals surface area contributed by atoms with E-state index in [2.05, 4.69) is 5.32 Å². The summed E-state index contributed by atoms with van der Waals surface area (Å²) in [6.45, 7) is 1.11. The molecule has 0 aliphatic carbocycles. The summed E-state index contributed by atoms with van der Waals surface area (Å²) < 4.78 is 5.71. The van der Waals surface area contributed by atoms with Crippen molar-refractivity contribution in [3.63, 3.8) is 0 Å². The lowest BCUT2D eigenvalue weighted by Crippen LogP contribution is -2.46. The van der Waals surface area contributed by atoms with Gasteiger partial charge in [0.15, 0.2) is 0 Å². The van der Waals surface area contributed by atoms with Crippen molar-refractivity contribution in [2.45, 2.75) is 25.1 Å². The summed E-state index contributed by atoms with van der Waals surface area (Å²) in [6.07, 6.45) is 1.28. The van der Waals surface area contributed by atoms with Crippen LogP contribution in [0.4, 0.5) is 11.4 Å². The highest BCUT2D eigenvalue weighted by Crippen LogP contribution is 2.36. The van der Waals surface area contributed by atoms with Crippen molar-refractivity contribution in [2.24, 2.45) is 0 Å². The molecule has 0 spiro atoms. The number of ether oxygens (including phenoxy) is 1. The fourth-order valence-electron chi connectivity index (χ4n) is 3.59. The molecule has 0 aromatic heterocycles. The predicted octanol–water partition coefficient (Wildman–Crippen LogP) is 3.99. The number of fused-ring (bicyclic) bond motifs is 1. The number of nitrogens with zero attached hydrogens (tertiary/aromatic N) is 2. The number of nitrogens with one attached hydrogen (secondary N) is 1. The maximum Gasteiger partial charge on any atom is 0.288 e. The fourth-order valence-corrected chi connectivity index (χ4v) is 3.78. The van der Waals surface area contributed by atoms with E-state index in [1.807, 2.05) is 18.2 Å². The number of anilines is 1. The molecule has 0 radical (unpaired) electrons. The van der Waals surface area contributed by atoms with Gasteiger partial charge in [-0.3, -0.25) is 14.9 Å². The first-order valence-corrected chi connectivity index (χ1v) is 9.14. The monoisotopic (exact) mass is 387 g/mol. The molecule has 4 rings (SSSR count). The second kappa shape index (κ2) is 7.17. The van der Waals surface area contributed by atoms with Gasteiger partial charge in [-0.1, -0.05) is 29.8 Å². The Morgan fingerprint density at radius 2 is 2.11 bits per heavy atom. The number of para-hydroxylation sites is 1. The van der Waals surface area contributed by atoms with Gasteiger partial charge >= 0.3 is 0 Å². The first kappa shape index (κ1) is 17.8. The van der Waals surface area contributed by atoms with Crippen LogP contribution in [0.25, 0.3) is 0 Å². The molecule has 2 aliphatic rings. The molecule has 0 unspecified atom stereocenters. The molecule has 7 nitrogen and oxygen atoms in total. The number of hydrogen-bond donors (Lipinski definition) is 1. The Kier molecular flexibility index (Phi) is 4.72. The van der Waals surface area contributed by atoms with Crippen molar-refractivity contribution in [1.29, 1.82) is 0 Å². The molecule has 1 fully saturated rings. The number of amides is 1. The molecule has 1 saturated heterocycles. The number of nitro benzene ring substituents is 1. The standard InChI is InChI=1S/C19H18ClN3O4/c20-15-8-7-12(10-17(15)23(25)26)18-21-16-6-2-1-5-14(16)19(24)22(18)11-13-4-3-9-27-13/h1-2,5-8,10,13,18,21H,3-4,9,11H2/t13-,18-/m1/s1. The average Bonchev–Trinajstić information content (AvgIpc) is 3.17. The van der Waals surface area contributed by atoms with E-state index >= 15 is 0 Å². The Morgan fingerprint density at radius 3 is 2.85 bits per heavy atom. The Morgan fingerprint density at radius 1 is 1.30 bits per heavy atom. The first-order valence-electron chi connectivity index (χ1n) is 8.76. The van der Waals surface area contributed by atoms with Crippen LogP contribution in [-0.2, 0) is 4.74 Å². The highest BCUT2D eigenvalue weighted by Gasteiger charge is 2.35. The largest absolute Gasteiger partial charge is 0.376 e. The van der Waals surface area contributed by atoms with Gasteiger partial charge in [0.2, 0.25) is 0 Å². The summed E-state index contributed by atoms with van der Waals surface area (Å²) in [5.74, 6) is -0.123. The van der Waals surface area contributed by atoms with Gasteiger partial charge in [-0.2, -0.15) is 0 Å². The van der Waals surface area contributed by atoms with Gasteiger partial charge < -0.3 is 15.0 Å². The van der Waals surface area contributed by atoms with Gasteiger partial charge in [-0.25, -0.2) is 0 Å². The molecule has 1 N–H and O–H groups in total. The van der Waals surface area contributed by atoms with E-state index in [4.69, 9.17) is 16.3 Å². The summed E-state index contributed by atoms with van der Waals surface area (Å²) >= 11 is 5.95.